The maximum absolute atomic E-state index is 10.2. The Morgan fingerprint density at radius 2 is 0.849 bits per heavy atom. The molecule has 3 aromatic heterocycles. The second-order valence-corrected chi connectivity index (χ2v) is 28.7. The zero-order valence-electron chi connectivity index (χ0n) is 65.0. The molecule has 0 saturated heterocycles. The van der Waals surface area contributed by atoms with Gasteiger partial charge in [-0.2, -0.15) is 10.5 Å². The molecule has 0 spiro atoms. The molecule has 16 nitrogen and oxygen atoms in total. The molecule has 0 bridgehead atoms. The molecule has 12 aromatic carbocycles. The van der Waals surface area contributed by atoms with Gasteiger partial charge in [0.05, 0.1) is 63.5 Å². The van der Waals surface area contributed by atoms with Crippen LogP contribution >= 0.6 is 50.7 Å². The summed E-state index contributed by atoms with van der Waals surface area (Å²) in [6, 6.07) is 104. The lowest BCUT2D eigenvalue weighted by atomic mass is 10.0. The van der Waals surface area contributed by atoms with Crippen LogP contribution in [0, 0.1) is 43.4 Å². The second-order valence-electron chi connectivity index (χ2n) is 26.4. The lowest BCUT2D eigenvalue weighted by Crippen LogP contribution is -3.00. The van der Waals surface area contributed by atoms with Gasteiger partial charge in [0.1, 0.15) is 86.3 Å². The average molecular weight is 1750 g/mol. The monoisotopic (exact) mass is 1750 g/mol. The third kappa shape index (κ3) is 28.4. The van der Waals surface area contributed by atoms with Crippen molar-refractivity contribution in [2.24, 2.45) is 4.40 Å². The van der Waals surface area contributed by atoms with Crippen LogP contribution in [0.2, 0.25) is 0 Å². The smallest absolute Gasteiger partial charge is 0.248 e. The number of H-pyrrole nitrogens is 2. The van der Waals surface area contributed by atoms with Gasteiger partial charge in [-0.3, -0.25) is 0 Å². The van der Waals surface area contributed by atoms with Crippen molar-refractivity contribution in [2.45, 2.75) is 66.5 Å². The first kappa shape index (κ1) is 92.6. The summed E-state index contributed by atoms with van der Waals surface area (Å²) in [5.74, 6) is 6.40. The lowest BCUT2D eigenvalue weighted by Gasteiger charge is -2.13. The summed E-state index contributed by atoms with van der Waals surface area (Å²) < 4.78 is 56.6. The molecule has 0 amide bonds. The molecule has 610 valence electrons. The number of aromatic nitrogens is 3. The molecule has 15 rings (SSSR count). The number of fused-ring (bicyclic) bond motifs is 3. The summed E-state index contributed by atoms with van der Waals surface area (Å²) in [6.45, 7) is 10.1. The summed E-state index contributed by atoms with van der Waals surface area (Å²) in [5.41, 5.74) is 20.7. The third-order valence-electron chi connectivity index (χ3n) is 18.0. The Balaban J connectivity index is 0.000000191. The molecule has 1 atom stereocenters. The quantitative estimate of drug-likeness (QED) is 0.0199. The van der Waals surface area contributed by atoms with Crippen LogP contribution in [0.25, 0.3) is 66.5 Å². The van der Waals surface area contributed by atoms with E-state index in [1.807, 2.05) is 225 Å². The molecule has 15 aromatic rings. The van der Waals surface area contributed by atoms with Gasteiger partial charge >= 0.3 is 0 Å². The highest BCUT2D eigenvalue weighted by Gasteiger charge is 2.20. The third-order valence-corrected chi connectivity index (χ3v) is 19.3. The summed E-state index contributed by atoms with van der Waals surface area (Å²) in [7, 11) is 0. The predicted octanol–water partition coefficient (Wildman–Crippen LogP) is 20.8. The minimum Gasteiger partial charge on any atom is -1.00 e. The van der Waals surface area contributed by atoms with E-state index in [0.29, 0.717) is 75.0 Å². The number of alkyl halides is 4. The lowest BCUT2D eigenvalue weighted by molar-refractivity contribution is -0.0000305. The van der Waals surface area contributed by atoms with Crippen molar-refractivity contribution < 1.29 is 59.5 Å². The number of hydrogen-bond acceptors (Lipinski definition) is 12. The van der Waals surface area contributed by atoms with E-state index in [2.05, 4.69) is 140 Å². The Hall–Kier alpha value is -11.9. The van der Waals surface area contributed by atoms with E-state index in [9.17, 15) is 19.3 Å². The van der Waals surface area contributed by atoms with Crippen LogP contribution < -0.4 is 40.8 Å². The Labute approximate surface area is 727 Å². The molecule has 119 heavy (non-hydrogen) atoms. The molecule has 0 aliphatic heterocycles. The standard InChI is InChI=1S/C32H27ClN2O2.C23H18N2O.C22H19NO.C9H10BrClO.C9H11ClO2.CHNO3S.CH4.ClH/c1-23-7-16-31-29(19-23)30(20-34)32(35(31)21-24-8-12-27(13-9-24)36-18-17-33)26-10-14-28(15-11-26)37-22-25-5-3-2-4-6-25;1-16-7-12-22-20(13-16)21(14-24)23(25-22)18-8-10-19(11-9-18)26-15-17-5-3-2-4-6-17;1-16-7-12-21-19(13-16)14-22(23-21)18-8-10-20(11-9-18)24-15-17-5-3-2-4-6-17;10-7-8-1-3-9(4-2-8)12-6-5-11;10-5-6-12-9-3-1-8(7-11)2-4-9;3-1-2-6(4)5;;/h2-16,19H,17-18,21-22H2,1H3;2-13,25H,15H2,1H3;2-14,23H,15H2,1H3;1-4H,5-7H2;1-4,11H,5-7H2;(H,4,5);1H4;1H/p-2. The topological polar surface area (TPSA) is 229 Å². The number of nitrogens with zero attached hydrogens (tertiary/aromatic N) is 4. The molecule has 1 unspecified atom stereocenters. The molecular formula is C97H89BrCl4N6O10S-2. The SMILES string of the molecule is C.Cc1ccc2[nH]c(-c3ccc(OCc4ccccc4)cc3)c(C#N)c2c1.Cc1ccc2[nH]c(-c3ccc(OCc4ccccc4)cc3)cc2c1.Cc1ccc2c(c1)c(C#N)c(-c1ccc(OCc3ccccc3)cc1)n2Cc1ccc(OCCCl)cc1.ClCCOc1ccc(CBr)cc1.O=C=NS(=O)[O-].OCc1ccc(OCCCl)cc1.[Cl-]. The maximum Gasteiger partial charge on any atom is 0.248 e. The van der Waals surface area contributed by atoms with Crippen LogP contribution in [0.4, 0.5) is 0 Å². The van der Waals surface area contributed by atoms with Gasteiger partial charge in [0.2, 0.25) is 6.08 Å². The van der Waals surface area contributed by atoms with Crippen LogP contribution in [0.5, 0.6) is 34.5 Å². The molecular weight excluding hydrogens is 1660 g/mol. The molecule has 0 aliphatic rings. The number of aromatic amines is 2. The number of rotatable bonds is 26. The van der Waals surface area contributed by atoms with E-state index in [1.54, 1.807) is 0 Å². The van der Waals surface area contributed by atoms with Crippen LogP contribution in [0.1, 0.15) is 68.6 Å². The Kier molecular flexibility index (Phi) is 38.4. The van der Waals surface area contributed by atoms with Crippen molar-refractivity contribution in [3.8, 4) is 80.4 Å². The molecule has 3 heterocycles. The number of ether oxygens (including phenoxy) is 6. The number of nitrogens with one attached hydrogen (secondary N) is 2. The van der Waals surface area contributed by atoms with Gasteiger partial charge in [-0.25, -0.2) is 9.00 Å². The summed E-state index contributed by atoms with van der Waals surface area (Å²) in [5, 5.41) is 32.6. The highest BCUT2D eigenvalue weighted by atomic mass is 79.9. The normalized spacial score (nSPS) is 10.5. The van der Waals surface area contributed by atoms with E-state index in [-0.39, 0.29) is 26.4 Å². The van der Waals surface area contributed by atoms with Gasteiger partial charge in [0.25, 0.3) is 0 Å². The number of aliphatic hydroxyl groups excluding tert-OH is 1. The van der Waals surface area contributed by atoms with Crippen molar-refractivity contribution in [3.05, 3.63) is 358 Å². The van der Waals surface area contributed by atoms with E-state index in [0.717, 1.165) is 135 Å². The molecule has 0 saturated carbocycles. The predicted molar refractivity (Wildman–Crippen MR) is 480 cm³/mol. The minimum absolute atomic E-state index is 0. The zero-order chi connectivity index (χ0) is 82.5. The van der Waals surface area contributed by atoms with Gasteiger partial charge in [-0.1, -0.05) is 186 Å². The first-order valence-corrected chi connectivity index (χ1v) is 41.1. The zero-order valence-corrected chi connectivity index (χ0v) is 70.4. The minimum atomic E-state index is -2.61. The molecule has 0 radical (unpaired) electrons. The number of halogens is 5. The summed E-state index contributed by atoms with van der Waals surface area (Å²) in [6.07, 6.45) is 0.829. The van der Waals surface area contributed by atoms with Crippen molar-refractivity contribution in [3.63, 3.8) is 0 Å². The first-order valence-electron chi connectivity index (χ1n) is 37.3. The highest BCUT2D eigenvalue weighted by Crippen LogP contribution is 2.37. The number of carbonyl (C=O) groups excluding carboxylic acids is 1. The highest BCUT2D eigenvalue weighted by molar-refractivity contribution is 9.08. The molecule has 3 N–H and O–H groups in total. The first-order chi connectivity index (χ1) is 57.2. The molecule has 0 fully saturated rings. The fourth-order valence-corrected chi connectivity index (χ4v) is 12.9. The molecule has 22 heteroatoms. The molecule has 0 aliphatic carbocycles. The van der Waals surface area contributed by atoms with Gasteiger partial charge in [0.15, 0.2) is 0 Å². The number of hydrogen-bond donors (Lipinski definition) is 3. The maximum atomic E-state index is 10.2. The Morgan fingerprint density at radius 1 is 0.454 bits per heavy atom. The van der Waals surface area contributed by atoms with Crippen LogP contribution in [-0.2, 0) is 54.4 Å². The number of benzene rings is 12. The number of isocyanates is 1. The van der Waals surface area contributed by atoms with Gasteiger partial charge in [0, 0.05) is 44.8 Å². The van der Waals surface area contributed by atoms with Crippen LogP contribution in [0.15, 0.2) is 302 Å². The largest absolute Gasteiger partial charge is 1.00 e. The number of nitriles is 2. The van der Waals surface area contributed by atoms with E-state index >= 15 is 0 Å². The van der Waals surface area contributed by atoms with E-state index < -0.39 is 11.3 Å². The second kappa shape index (κ2) is 49.4. The van der Waals surface area contributed by atoms with Crippen LogP contribution in [-0.4, -0.2) is 71.9 Å². The van der Waals surface area contributed by atoms with Gasteiger partial charge in [-0.05, 0) is 223 Å². The van der Waals surface area contributed by atoms with Crippen molar-refractivity contribution >= 4 is 101 Å². The van der Waals surface area contributed by atoms with Gasteiger partial charge < -0.3 is 65.0 Å². The summed E-state index contributed by atoms with van der Waals surface area (Å²) in [4.78, 5) is 15.8. The van der Waals surface area contributed by atoms with Crippen molar-refractivity contribution in [1.82, 2.24) is 14.5 Å². The van der Waals surface area contributed by atoms with E-state index in [1.165, 1.54) is 27.6 Å². The Morgan fingerprint density at radius 3 is 1.27 bits per heavy atom. The Bertz CT molecular complexity index is 5700. The fourth-order valence-electron chi connectivity index (χ4n) is 12.2. The number of aryl methyl sites for hydroxylation is 3. The summed E-state index contributed by atoms with van der Waals surface area (Å²) >= 11 is 17.4. The van der Waals surface area contributed by atoms with Crippen molar-refractivity contribution in [2.75, 3.05) is 37.5 Å². The van der Waals surface area contributed by atoms with Crippen LogP contribution in [0.3, 0.4) is 0 Å². The fraction of sp³-hybridized carbons (Fsp3) is 0.165. The average Bonchev–Trinajstić information content (AvgIpc) is 1.60. The van der Waals surface area contributed by atoms with E-state index in [4.69, 9.17) is 73.1 Å². The van der Waals surface area contributed by atoms with Gasteiger partial charge in [-0.15, -0.1) is 39.2 Å². The van der Waals surface area contributed by atoms with Crippen molar-refractivity contribution in [1.29, 1.82) is 10.5 Å². The number of aliphatic hydroxyl groups is 1.